The Hall–Kier alpha value is -1.55. The third-order valence-corrected chi connectivity index (χ3v) is 2.88. The predicted octanol–water partition coefficient (Wildman–Crippen LogP) is 1.68. The molecule has 1 atom stereocenters. The van der Waals surface area contributed by atoms with Crippen LogP contribution in [0.1, 0.15) is 36.2 Å². The summed E-state index contributed by atoms with van der Waals surface area (Å²) in [5.74, 6) is 0.400. The van der Waals surface area contributed by atoms with Crippen LogP contribution in [0.25, 0.3) is 0 Å². The monoisotopic (exact) mass is 249 g/mol. The maximum atomic E-state index is 12.1. The quantitative estimate of drug-likeness (QED) is 0.694. The molecule has 0 aromatic heterocycles. The van der Waals surface area contributed by atoms with E-state index in [0.717, 1.165) is 12.0 Å². The van der Waals surface area contributed by atoms with E-state index in [-0.39, 0.29) is 11.9 Å². The van der Waals surface area contributed by atoms with Gasteiger partial charge < -0.3 is 16.8 Å². The molecule has 0 aliphatic carbocycles. The zero-order valence-electron chi connectivity index (χ0n) is 11.4. The molecule has 18 heavy (non-hydrogen) atoms. The number of hydrogen-bond acceptors (Lipinski definition) is 3. The van der Waals surface area contributed by atoms with Crippen LogP contribution in [0.4, 0.5) is 5.69 Å². The lowest BCUT2D eigenvalue weighted by atomic mass is 10.0. The van der Waals surface area contributed by atoms with E-state index in [9.17, 15) is 4.79 Å². The SMILES string of the molecule is Cc1ccc(N)cc1C(=O)NC(CN)CC(C)C. The van der Waals surface area contributed by atoms with Crippen molar-refractivity contribution in [2.24, 2.45) is 11.7 Å². The number of carbonyl (C=O) groups excluding carboxylic acids is 1. The number of amides is 1. The van der Waals surface area contributed by atoms with Crippen molar-refractivity contribution in [3.05, 3.63) is 29.3 Å². The molecule has 4 heteroatoms. The van der Waals surface area contributed by atoms with Crippen molar-refractivity contribution in [2.45, 2.75) is 33.2 Å². The van der Waals surface area contributed by atoms with Gasteiger partial charge in [0.15, 0.2) is 0 Å². The van der Waals surface area contributed by atoms with Crippen molar-refractivity contribution in [2.75, 3.05) is 12.3 Å². The molecular weight excluding hydrogens is 226 g/mol. The first-order valence-electron chi connectivity index (χ1n) is 6.31. The van der Waals surface area contributed by atoms with Gasteiger partial charge in [-0.2, -0.15) is 0 Å². The summed E-state index contributed by atoms with van der Waals surface area (Å²) < 4.78 is 0. The number of hydrogen-bond donors (Lipinski definition) is 3. The molecule has 4 nitrogen and oxygen atoms in total. The summed E-state index contributed by atoms with van der Waals surface area (Å²) in [5, 5.41) is 2.96. The lowest BCUT2D eigenvalue weighted by Crippen LogP contribution is -2.41. The lowest BCUT2D eigenvalue weighted by Gasteiger charge is -2.19. The summed E-state index contributed by atoms with van der Waals surface area (Å²) in [6, 6.07) is 5.36. The fourth-order valence-electron chi connectivity index (χ4n) is 1.93. The van der Waals surface area contributed by atoms with E-state index in [2.05, 4.69) is 19.2 Å². The Bertz CT molecular complexity index is 416. The first-order chi connectivity index (χ1) is 8.43. The molecular formula is C14H23N3O. The Labute approximate surface area is 109 Å². The molecule has 1 unspecified atom stereocenters. The number of anilines is 1. The molecule has 1 rings (SSSR count). The van der Waals surface area contributed by atoms with Crippen LogP contribution in [0.2, 0.25) is 0 Å². The molecule has 0 saturated carbocycles. The highest BCUT2D eigenvalue weighted by Gasteiger charge is 2.15. The van der Waals surface area contributed by atoms with E-state index in [0.29, 0.717) is 23.7 Å². The Balaban J connectivity index is 2.77. The summed E-state index contributed by atoms with van der Waals surface area (Å²) in [4.78, 5) is 12.1. The zero-order chi connectivity index (χ0) is 13.7. The zero-order valence-corrected chi connectivity index (χ0v) is 11.4. The van der Waals surface area contributed by atoms with Gasteiger partial charge in [0, 0.05) is 23.8 Å². The maximum absolute atomic E-state index is 12.1. The average molecular weight is 249 g/mol. The lowest BCUT2D eigenvalue weighted by molar-refractivity contribution is 0.0933. The van der Waals surface area contributed by atoms with Crippen LogP contribution in [-0.2, 0) is 0 Å². The Morgan fingerprint density at radius 2 is 2.06 bits per heavy atom. The molecule has 0 heterocycles. The molecule has 0 radical (unpaired) electrons. The van der Waals surface area contributed by atoms with Crippen molar-refractivity contribution >= 4 is 11.6 Å². The third-order valence-electron chi connectivity index (χ3n) is 2.88. The summed E-state index contributed by atoms with van der Waals surface area (Å²) in [7, 11) is 0. The van der Waals surface area contributed by atoms with Gasteiger partial charge in [-0.1, -0.05) is 19.9 Å². The fraction of sp³-hybridized carbons (Fsp3) is 0.500. The van der Waals surface area contributed by atoms with E-state index in [4.69, 9.17) is 11.5 Å². The third kappa shape index (κ3) is 4.04. The van der Waals surface area contributed by atoms with Crippen molar-refractivity contribution in [1.82, 2.24) is 5.32 Å². The summed E-state index contributed by atoms with van der Waals surface area (Å²) in [6.07, 6.45) is 0.879. The number of rotatable bonds is 5. The van der Waals surface area contributed by atoms with Gasteiger partial charge in [-0.25, -0.2) is 0 Å². The molecule has 0 spiro atoms. The highest BCUT2D eigenvalue weighted by molar-refractivity contribution is 5.96. The minimum Gasteiger partial charge on any atom is -0.399 e. The molecule has 0 fully saturated rings. The van der Waals surface area contributed by atoms with Crippen LogP contribution in [0.5, 0.6) is 0 Å². The van der Waals surface area contributed by atoms with Crippen molar-refractivity contribution in [3.8, 4) is 0 Å². The number of benzene rings is 1. The maximum Gasteiger partial charge on any atom is 0.251 e. The van der Waals surface area contributed by atoms with Crippen molar-refractivity contribution in [1.29, 1.82) is 0 Å². The van der Waals surface area contributed by atoms with E-state index in [1.165, 1.54) is 0 Å². The molecule has 0 aliphatic rings. The Kier molecular flexibility index (Phi) is 5.16. The highest BCUT2D eigenvalue weighted by Crippen LogP contribution is 2.13. The number of nitrogen functional groups attached to an aromatic ring is 1. The molecule has 1 amide bonds. The van der Waals surface area contributed by atoms with Gasteiger partial charge in [0.2, 0.25) is 0 Å². The van der Waals surface area contributed by atoms with Crippen molar-refractivity contribution < 1.29 is 4.79 Å². The van der Waals surface area contributed by atoms with Crippen LogP contribution in [0.3, 0.4) is 0 Å². The smallest absolute Gasteiger partial charge is 0.251 e. The van der Waals surface area contributed by atoms with Crippen molar-refractivity contribution in [3.63, 3.8) is 0 Å². The normalized spacial score (nSPS) is 12.5. The first kappa shape index (κ1) is 14.5. The van der Waals surface area contributed by atoms with Gasteiger partial charge in [0.05, 0.1) is 0 Å². The molecule has 0 bridgehead atoms. The summed E-state index contributed by atoms with van der Waals surface area (Å²) in [6.45, 7) is 6.57. The van der Waals surface area contributed by atoms with Crippen LogP contribution in [0.15, 0.2) is 18.2 Å². The molecule has 1 aromatic rings. The molecule has 0 aliphatic heterocycles. The number of carbonyl (C=O) groups is 1. The second-order valence-electron chi connectivity index (χ2n) is 5.11. The predicted molar refractivity (Wildman–Crippen MR) is 75.4 cm³/mol. The van der Waals surface area contributed by atoms with Gasteiger partial charge in [0.25, 0.3) is 5.91 Å². The highest BCUT2D eigenvalue weighted by atomic mass is 16.1. The number of nitrogens with two attached hydrogens (primary N) is 2. The van der Waals surface area contributed by atoms with Crippen LogP contribution in [0, 0.1) is 12.8 Å². The second-order valence-corrected chi connectivity index (χ2v) is 5.11. The molecule has 5 N–H and O–H groups in total. The van der Waals surface area contributed by atoms with E-state index >= 15 is 0 Å². The number of aryl methyl sites for hydroxylation is 1. The molecule has 1 aromatic carbocycles. The molecule has 0 saturated heterocycles. The summed E-state index contributed by atoms with van der Waals surface area (Å²) >= 11 is 0. The van der Waals surface area contributed by atoms with E-state index in [1.54, 1.807) is 12.1 Å². The van der Waals surface area contributed by atoms with Gasteiger partial charge in [0.1, 0.15) is 0 Å². The van der Waals surface area contributed by atoms with Gasteiger partial charge in [-0.15, -0.1) is 0 Å². The second kappa shape index (κ2) is 6.40. The van der Waals surface area contributed by atoms with Crippen LogP contribution in [-0.4, -0.2) is 18.5 Å². The largest absolute Gasteiger partial charge is 0.399 e. The average Bonchev–Trinajstić information content (AvgIpc) is 2.30. The standard InChI is InChI=1S/C14H23N3O/c1-9(2)6-12(8-15)17-14(18)13-7-11(16)5-4-10(13)3/h4-5,7,9,12H,6,8,15-16H2,1-3H3,(H,17,18). The van der Waals surface area contributed by atoms with Crippen LogP contribution < -0.4 is 16.8 Å². The number of nitrogens with one attached hydrogen (secondary N) is 1. The Morgan fingerprint density at radius 1 is 1.39 bits per heavy atom. The minimum absolute atomic E-state index is 0.0123. The van der Waals surface area contributed by atoms with E-state index in [1.807, 2.05) is 13.0 Å². The topological polar surface area (TPSA) is 81.1 Å². The van der Waals surface area contributed by atoms with Gasteiger partial charge in [-0.05, 0) is 37.0 Å². The minimum atomic E-state index is -0.101. The van der Waals surface area contributed by atoms with Gasteiger partial charge >= 0.3 is 0 Å². The fourth-order valence-corrected chi connectivity index (χ4v) is 1.93. The first-order valence-corrected chi connectivity index (χ1v) is 6.31. The van der Waals surface area contributed by atoms with Gasteiger partial charge in [-0.3, -0.25) is 4.79 Å². The molecule has 100 valence electrons. The van der Waals surface area contributed by atoms with E-state index < -0.39 is 0 Å². The van der Waals surface area contributed by atoms with Crippen LogP contribution >= 0.6 is 0 Å². The summed E-state index contributed by atoms with van der Waals surface area (Å²) in [5.41, 5.74) is 13.5. The Morgan fingerprint density at radius 3 is 2.61 bits per heavy atom.